The average molecular weight is 397 g/mol. The van der Waals surface area contributed by atoms with Crippen molar-refractivity contribution in [2.75, 3.05) is 36.2 Å². The van der Waals surface area contributed by atoms with Gasteiger partial charge in [0.15, 0.2) is 16.6 Å². The van der Waals surface area contributed by atoms with Crippen molar-refractivity contribution in [1.82, 2.24) is 19.9 Å². The van der Waals surface area contributed by atoms with Crippen molar-refractivity contribution >= 4 is 41.4 Å². The van der Waals surface area contributed by atoms with Crippen LogP contribution in [0, 0.1) is 0 Å². The predicted molar refractivity (Wildman–Crippen MR) is 107 cm³/mol. The van der Waals surface area contributed by atoms with Gasteiger partial charge >= 0.3 is 0 Å². The lowest BCUT2D eigenvalue weighted by molar-refractivity contribution is 0.112. The van der Waals surface area contributed by atoms with Gasteiger partial charge in [0.1, 0.15) is 11.6 Å². The van der Waals surface area contributed by atoms with E-state index in [2.05, 4.69) is 30.6 Å². The Kier molecular flexibility index (Phi) is 10.6. The highest BCUT2D eigenvalue weighted by Crippen LogP contribution is 2.16. The van der Waals surface area contributed by atoms with Gasteiger partial charge in [-0.05, 0) is 26.4 Å². The topological polar surface area (TPSA) is 113 Å². The first-order chi connectivity index (χ1) is 12.6. The highest BCUT2D eigenvalue weighted by molar-refractivity contribution is 7.98. The molecule has 142 valence electrons. The molecule has 10 heteroatoms. The molecule has 0 radical (unpaired) electrons. The van der Waals surface area contributed by atoms with E-state index in [0.29, 0.717) is 21.7 Å². The van der Waals surface area contributed by atoms with E-state index in [0.717, 1.165) is 30.8 Å². The number of thioether (sulfide) groups is 2. The summed E-state index contributed by atoms with van der Waals surface area (Å²) < 4.78 is 0. The number of anilines is 2. The summed E-state index contributed by atoms with van der Waals surface area (Å²) in [6.07, 6.45) is 7.75. The van der Waals surface area contributed by atoms with Crippen LogP contribution in [0.15, 0.2) is 22.7 Å². The number of aldehydes is 1. The Bertz CT molecular complexity index is 702. The molecule has 0 saturated carbocycles. The van der Waals surface area contributed by atoms with Crippen molar-refractivity contribution in [3.8, 4) is 0 Å². The van der Waals surface area contributed by atoms with Crippen LogP contribution in [-0.2, 0) is 6.61 Å². The first kappa shape index (κ1) is 22.1. The van der Waals surface area contributed by atoms with Crippen LogP contribution < -0.4 is 10.6 Å². The molecule has 0 fully saturated rings. The van der Waals surface area contributed by atoms with Gasteiger partial charge in [-0.3, -0.25) is 4.79 Å². The maximum atomic E-state index is 10.6. The van der Waals surface area contributed by atoms with E-state index in [4.69, 9.17) is 5.11 Å². The lowest BCUT2D eigenvalue weighted by atomic mass is 10.3. The molecule has 0 bridgehead atoms. The van der Waals surface area contributed by atoms with Crippen LogP contribution in [0.25, 0.3) is 0 Å². The third-order valence-corrected chi connectivity index (χ3v) is 4.11. The second-order valence-electron chi connectivity index (χ2n) is 4.73. The van der Waals surface area contributed by atoms with E-state index in [9.17, 15) is 4.79 Å². The number of nitrogens with one attached hydrogen (secondary N) is 2. The van der Waals surface area contributed by atoms with Crippen LogP contribution in [-0.4, -0.2) is 56.9 Å². The smallest absolute Gasteiger partial charge is 0.189 e. The zero-order chi connectivity index (χ0) is 19.4. The van der Waals surface area contributed by atoms with E-state index in [-0.39, 0.29) is 6.61 Å². The van der Waals surface area contributed by atoms with Crippen molar-refractivity contribution in [1.29, 1.82) is 0 Å². The molecule has 0 saturated heterocycles. The highest BCUT2D eigenvalue weighted by atomic mass is 32.2. The molecule has 0 unspecified atom stereocenters. The largest absolute Gasteiger partial charge is 0.391 e. The van der Waals surface area contributed by atoms with Crippen molar-refractivity contribution in [2.24, 2.45) is 0 Å². The molecule has 0 atom stereocenters. The second-order valence-corrected chi connectivity index (χ2v) is 6.27. The molecule has 8 nitrogen and oxygen atoms in total. The first-order valence-electron chi connectivity index (χ1n) is 7.98. The molecule has 2 aromatic heterocycles. The Morgan fingerprint density at radius 1 is 1.00 bits per heavy atom. The van der Waals surface area contributed by atoms with Crippen LogP contribution >= 0.6 is 23.5 Å². The Morgan fingerprint density at radius 3 is 2.04 bits per heavy atom. The van der Waals surface area contributed by atoms with E-state index < -0.39 is 0 Å². The van der Waals surface area contributed by atoms with Crippen LogP contribution in [0.2, 0.25) is 0 Å². The summed E-state index contributed by atoms with van der Waals surface area (Å²) in [5.41, 5.74) is 1.24. The van der Waals surface area contributed by atoms with Gasteiger partial charge in [0, 0.05) is 31.0 Å². The van der Waals surface area contributed by atoms with Gasteiger partial charge in [-0.1, -0.05) is 23.5 Å². The van der Waals surface area contributed by atoms with Gasteiger partial charge in [0.2, 0.25) is 0 Å². The third-order valence-electron chi connectivity index (χ3n) is 2.99. The van der Waals surface area contributed by atoms with Crippen LogP contribution in [0.1, 0.15) is 29.8 Å². The van der Waals surface area contributed by atoms with Crippen molar-refractivity contribution < 1.29 is 9.90 Å². The first-order valence-corrected chi connectivity index (χ1v) is 10.4. The minimum absolute atomic E-state index is 0.0308. The molecule has 0 aliphatic carbocycles. The summed E-state index contributed by atoms with van der Waals surface area (Å²) in [4.78, 5) is 27.0. The van der Waals surface area contributed by atoms with E-state index in [1.807, 2.05) is 26.4 Å². The van der Waals surface area contributed by atoms with Crippen LogP contribution in [0.4, 0.5) is 11.6 Å². The van der Waals surface area contributed by atoms with E-state index in [1.165, 1.54) is 29.7 Å². The zero-order valence-electron chi connectivity index (χ0n) is 15.3. The monoisotopic (exact) mass is 396 g/mol. The summed E-state index contributed by atoms with van der Waals surface area (Å²) in [5.74, 6) is 1.33. The summed E-state index contributed by atoms with van der Waals surface area (Å²) in [6.45, 7) is 5.44. The minimum atomic E-state index is -0.0308. The molecule has 2 rings (SSSR count). The maximum Gasteiger partial charge on any atom is 0.189 e. The summed E-state index contributed by atoms with van der Waals surface area (Å²) in [7, 11) is 0. The molecule has 0 aliphatic heterocycles. The average Bonchev–Trinajstić information content (AvgIpc) is 2.68. The Balaban J connectivity index is 0.000000260. The summed E-state index contributed by atoms with van der Waals surface area (Å²) in [6, 6.07) is 0. The number of aliphatic hydroxyl groups is 1. The molecule has 26 heavy (non-hydrogen) atoms. The number of aliphatic hydroxyl groups excluding tert-OH is 1. The molecular weight excluding hydrogens is 372 g/mol. The highest BCUT2D eigenvalue weighted by Gasteiger charge is 2.05. The van der Waals surface area contributed by atoms with Gasteiger partial charge in [-0.25, -0.2) is 19.9 Å². The number of hydrogen-bond acceptors (Lipinski definition) is 10. The Hall–Kier alpha value is -1.91. The van der Waals surface area contributed by atoms with Gasteiger partial charge < -0.3 is 15.7 Å². The van der Waals surface area contributed by atoms with Gasteiger partial charge in [0.05, 0.1) is 12.2 Å². The third kappa shape index (κ3) is 6.77. The number of carbonyl (C=O) groups excluding carboxylic acids is 1. The number of carbonyl (C=O) groups is 1. The quantitative estimate of drug-likeness (QED) is 0.349. The van der Waals surface area contributed by atoms with Gasteiger partial charge in [-0.15, -0.1) is 0 Å². The fourth-order valence-electron chi connectivity index (χ4n) is 1.79. The minimum Gasteiger partial charge on any atom is -0.391 e. The van der Waals surface area contributed by atoms with Gasteiger partial charge in [-0.2, -0.15) is 0 Å². The Labute approximate surface area is 162 Å². The standard InChI is InChI=1S/C8H13N3OS.C8H11N3OS/c2*1-3-9-7-6(5-12)4-10-8(11-7)13-2/h4,12H,3,5H2,1-2H3,(H,9,10,11);4-5H,3H2,1-2H3,(H,9,10,11). The fraction of sp³-hybridized carbons (Fsp3) is 0.438. The van der Waals surface area contributed by atoms with E-state index >= 15 is 0 Å². The maximum absolute atomic E-state index is 10.6. The molecule has 0 spiro atoms. The molecule has 2 aromatic rings. The van der Waals surface area contributed by atoms with Crippen LogP contribution in [0.5, 0.6) is 0 Å². The second kappa shape index (κ2) is 12.4. The molecular formula is C16H24N6O2S2. The number of nitrogens with zero attached hydrogens (tertiary/aromatic N) is 4. The van der Waals surface area contributed by atoms with Crippen LogP contribution in [0.3, 0.4) is 0 Å². The summed E-state index contributed by atoms with van der Waals surface area (Å²) in [5, 5.41) is 16.4. The molecule has 2 heterocycles. The predicted octanol–water partition coefficient (Wildman–Crippen LogP) is 2.57. The normalized spacial score (nSPS) is 9.88. The lowest BCUT2D eigenvalue weighted by Gasteiger charge is -2.07. The molecule has 3 N–H and O–H groups in total. The molecule has 0 amide bonds. The fourth-order valence-corrected chi connectivity index (χ4v) is 2.48. The van der Waals surface area contributed by atoms with Crippen molar-refractivity contribution in [3.05, 3.63) is 23.5 Å². The zero-order valence-corrected chi connectivity index (χ0v) is 16.9. The SMILES string of the molecule is CCNc1nc(SC)ncc1C=O.CCNc1nc(SC)ncc1CO. The molecule has 0 aliphatic rings. The van der Waals surface area contributed by atoms with Crippen molar-refractivity contribution in [2.45, 2.75) is 30.8 Å². The summed E-state index contributed by atoms with van der Waals surface area (Å²) >= 11 is 2.93. The Morgan fingerprint density at radius 2 is 1.54 bits per heavy atom. The lowest BCUT2D eigenvalue weighted by Crippen LogP contribution is -2.05. The van der Waals surface area contributed by atoms with Crippen molar-refractivity contribution in [3.63, 3.8) is 0 Å². The van der Waals surface area contributed by atoms with Gasteiger partial charge in [0.25, 0.3) is 0 Å². The number of hydrogen-bond donors (Lipinski definition) is 3. The molecule has 0 aromatic carbocycles. The van der Waals surface area contributed by atoms with E-state index in [1.54, 1.807) is 6.20 Å². The number of rotatable bonds is 8. The number of aromatic nitrogens is 4.